The molecule has 0 atom stereocenters. The van der Waals surface area contributed by atoms with Gasteiger partial charge in [-0.25, -0.2) is 4.79 Å². The van der Waals surface area contributed by atoms with E-state index in [-0.39, 0.29) is 40.5 Å². The Morgan fingerprint density at radius 2 is 1.81 bits per heavy atom. The molecule has 3 aromatic rings. The molecule has 2 aromatic carbocycles. The number of carbonyl (C=O) groups is 1. The van der Waals surface area contributed by atoms with E-state index in [0.29, 0.717) is 25.7 Å². The Morgan fingerprint density at radius 3 is 2.42 bits per heavy atom. The molecular weight excluding hydrogens is 499 g/mol. The van der Waals surface area contributed by atoms with Crippen molar-refractivity contribution < 1.29 is 23.1 Å². The summed E-state index contributed by atoms with van der Waals surface area (Å²) in [4.78, 5) is 38.0. The maximum Gasteiger partial charge on any atom is 0.417 e. The molecular formula is C25H21ClF3N3O4. The zero-order valence-electron chi connectivity index (χ0n) is 18.9. The first-order valence-corrected chi connectivity index (χ1v) is 11.6. The van der Waals surface area contributed by atoms with E-state index in [1.165, 1.54) is 34.9 Å². The van der Waals surface area contributed by atoms with Gasteiger partial charge in [-0.1, -0.05) is 23.7 Å². The molecule has 0 saturated heterocycles. The van der Waals surface area contributed by atoms with E-state index in [9.17, 15) is 37.9 Å². The van der Waals surface area contributed by atoms with Crippen molar-refractivity contribution in [2.24, 2.45) is 11.8 Å². The predicted octanol–water partition coefficient (Wildman–Crippen LogP) is 4.65. The minimum Gasteiger partial charge on any atom is -0.481 e. The number of aromatic nitrogens is 2. The van der Waals surface area contributed by atoms with Gasteiger partial charge in [0, 0.05) is 11.6 Å². The van der Waals surface area contributed by atoms with Crippen LogP contribution in [0.15, 0.2) is 46.0 Å². The minimum atomic E-state index is -4.75. The highest BCUT2D eigenvalue weighted by molar-refractivity contribution is 6.31. The number of nitrogens with zero attached hydrogens (tertiary/aromatic N) is 3. The highest BCUT2D eigenvalue weighted by Crippen LogP contribution is 2.33. The Balaban J connectivity index is 1.82. The van der Waals surface area contributed by atoms with Gasteiger partial charge in [0.05, 0.1) is 34.5 Å². The molecule has 1 heterocycles. The number of hydrogen-bond acceptors (Lipinski definition) is 4. The van der Waals surface area contributed by atoms with Crippen LogP contribution in [-0.4, -0.2) is 20.2 Å². The van der Waals surface area contributed by atoms with Crippen LogP contribution in [0.25, 0.3) is 10.9 Å². The third-order valence-electron chi connectivity index (χ3n) is 6.72. The zero-order valence-corrected chi connectivity index (χ0v) is 19.6. The lowest BCUT2D eigenvalue weighted by Gasteiger charge is -2.26. The fourth-order valence-electron chi connectivity index (χ4n) is 4.83. The van der Waals surface area contributed by atoms with Crippen LogP contribution < -0.4 is 11.2 Å². The van der Waals surface area contributed by atoms with Crippen LogP contribution in [0.1, 0.15) is 42.4 Å². The molecule has 0 spiro atoms. The van der Waals surface area contributed by atoms with Gasteiger partial charge < -0.3 is 5.11 Å². The second-order valence-corrected chi connectivity index (χ2v) is 9.39. The third kappa shape index (κ3) is 4.88. The van der Waals surface area contributed by atoms with Crippen molar-refractivity contribution in [1.29, 1.82) is 5.26 Å². The quantitative estimate of drug-likeness (QED) is 0.528. The summed E-state index contributed by atoms with van der Waals surface area (Å²) < 4.78 is 42.6. The summed E-state index contributed by atoms with van der Waals surface area (Å²) in [5.74, 6) is -1.45. The molecule has 1 N–H and O–H groups in total. The monoisotopic (exact) mass is 519 g/mol. The van der Waals surface area contributed by atoms with Crippen LogP contribution in [0.3, 0.4) is 0 Å². The van der Waals surface area contributed by atoms with Gasteiger partial charge in [0.25, 0.3) is 5.56 Å². The first-order valence-electron chi connectivity index (χ1n) is 11.3. The topological polar surface area (TPSA) is 105 Å². The Hall–Kier alpha value is -3.58. The van der Waals surface area contributed by atoms with Crippen molar-refractivity contribution in [2.45, 2.75) is 44.9 Å². The summed E-state index contributed by atoms with van der Waals surface area (Å²) in [5, 5.41) is 19.1. The summed E-state index contributed by atoms with van der Waals surface area (Å²) in [6, 6.07) is 9.21. The van der Waals surface area contributed by atoms with Crippen LogP contribution in [0.5, 0.6) is 0 Å². The molecule has 1 aliphatic carbocycles. The lowest BCUT2D eigenvalue weighted by atomic mass is 9.82. The van der Waals surface area contributed by atoms with Gasteiger partial charge in [-0.2, -0.15) is 18.4 Å². The maximum atomic E-state index is 13.5. The minimum absolute atomic E-state index is 0.0159. The number of carboxylic acid groups (broad SMARTS) is 1. The number of fused-ring (bicyclic) bond motifs is 1. The number of halogens is 4. The van der Waals surface area contributed by atoms with E-state index < -0.39 is 40.4 Å². The first kappa shape index (κ1) is 25.5. The molecule has 1 fully saturated rings. The standard InChI is InChI=1S/C25H21ClF3N3O4/c26-17-8-9-21-18(10-17)22(33)32(12-14-4-6-15(7-5-14)23(34)35)24(36)31(21)13-16-2-1-3-20(19(16)11-30)25(27,28)29/h1-3,8-10,14-15H,4-7,12-13H2,(H,34,35)/t14-,15-. The van der Waals surface area contributed by atoms with Gasteiger partial charge in [-0.3, -0.25) is 18.7 Å². The van der Waals surface area contributed by atoms with Crippen molar-refractivity contribution in [2.75, 3.05) is 0 Å². The normalized spacial score (nSPS) is 18.2. The highest BCUT2D eigenvalue weighted by Gasteiger charge is 2.34. The van der Waals surface area contributed by atoms with Gasteiger partial charge in [0.15, 0.2) is 0 Å². The van der Waals surface area contributed by atoms with Gasteiger partial charge >= 0.3 is 17.8 Å². The average Bonchev–Trinajstić information content (AvgIpc) is 2.84. The molecule has 7 nitrogen and oxygen atoms in total. The number of rotatable bonds is 5. The molecule has 0 amide bonds. The second kappa shape index (κ2) is 9.82. The summed E-state index contributed by atoms with van der Waals surface area (Å²) in [6.45, 7) is -0.323. The molecule has 0 bridgehead atoms. The molecule has 0 aliphatic heterocycles. The van der Waals surface area contributed by atoms with E-state index in [2.05, 4.69) is 0 Å². The maximum absolute atomic E-state index is 13.5. The number of alkyl halides is 3. The molecule has 1 aromatic heterocycles. The van der Waals surface area contributed by atoms with E-state index in [1.54, 1.807) is 6.07 Å². The smallest absolute Gasteiger partial charge is 0.417 e. The van der Waals surface area contributed by atoms with Crippen molar-refractivity contribution in [3.63, 3.8) is 0 Å². The van der Waals surface area contributed by atoms with Crippen molar-refractivity contribution in [3.05, 3.63) is 78.9 Å². The predicted molar refractivity (Wildman–Crippen MR) is 126 cm³/mol. The van der Waals surface area contributed by atoms with Gasteiger partial charge in [-0.15, -0.1) is 0 Å². The SMILES string of the molecule is N#Cc1c(Cn2c(=O)n(C[C@H]3CC[C@H](C(=O)O)CC3)c(=O)c3cc(Cl)ccc32)cccc1C(F)(F)F. The molecule has 0 unspecified atom stereocenters. The van der Waals surface area contributed by atoms with Crippen LogP contribution in [0.4, 0.5) is 13.2 Å². The van der Waals surface area contributed by atoms with Crippen LogP contribution in [0, 0.1) is 23.2 Å². The van der Waals surface area contributed by atoms with Crippen LogP contribution in [-0.2, 0) is 24.1 Å². The van der Waals surface area contributed by atoms with Crippen molar-refractivity contribution >= 4 is 28.5 Å². The molecule has 36 heavy (non-hydrogen) atoms. The summed E-state index contributed by atoms with van der Waals surface area (Å²) >= 11 is 6.09. The molecule has 4 rings (SSSR count). The van der Waals surface area contributed by atoms with Crippen LogP contribution in [0.2, 0.25) is 5.02 Å². The van der Waals surface area contributed by atoms with Crippen molar-refractivity contribution in [3.8, 4) is 6.07 Å². The molecule has 188 valence electrons. The fraction of sp³-hybridized carbons (Fsp3) is 0.360. The molecule has 1 aliphatic rings. The van der Waals surface area contributed by atoms with Crippen molar-refractivity contribution in [1.82, 2.24) is 9.13 Å². The van der Waals surface area contributed by atoms with Gasteiger partial charge in [-0.05, 0) is 61.4 Å². The number of benzene rings is 2. The van der Waals surface area contributed by atoms with E-state index in [4.69, 9.17) is 11.6 Å². The largest absolute Gasteiger partial charge is 0.481 e. The van der Waals surface area contributed by atoms with Gasteiger partial charge in [0.1, 0.15) is 6.07 Å². The molecule has 0 radical (unpaired) electrons. The van der Waals surface area contributed by atoms with E-state index in [1.807, 2.05) is 0 Å². The number of nitriles is 1. The van der Waals surface area contributed by atoms with E-state index >= 15 is 0 Å². The fourth-order valence-corrected chi connectivity index (χ4v) is 5.00. The van der Waals surface area contributed by atoms with E-state index in [0.717, 1.165) is 10.6 Å². The Morgan fingerprint density at radius 1 is 1.11 bits per heavy atom. The summed E-state index contributed by atoms with van der Waals surface area (Å²) in [5.41, 5.74) is -2.84. The molecule has 11 heteroatoms. The number of hydrogen-bond donors (Lipinski definition) is 1. The summed E-state index contributed by atoms with van der Waals surface area (Å²) in [7, 11) is 0. The Kier molecular flexibility index (Phi) is 6.96. The average molecular weight is 520 g/mol. The lowest BCUT2D eigenvalue weighted by Crippen LogP contribution is -2.42. The number of aliphatic carboxylic acids is 1. The molecule has 1 saturated carbocycles. The Labute approximate surface area is 208 Å². The highest BCUT2D eigenvalue weighted by atomic mass is 35.5. The first-order chi connectivity index (χ1) is 17.0. The van der Waals surface area contributed by atoms with Gasteiger partial charge in [0.2, 0.25) is 0 Å². The lowest BCUT2D eigenvalue weighted by molar-refractivity contribution is -0.143. The number of carboxylic acids is 1. The third-order valence-corrected chi connectivity index (χ3v) is 6.96. The summed E-state index contributed by atoms with van der Waals surface area (Å²) in [6.07, 6.45) is -2.86. The Bertz CT molecular complexity index is 1500. The van der Waals surface area contributed by atoms with Crippen LogP contribution >= 0.6 is 11.6 Å². The second-order valence-electron chi connectivity index (χ2n) is 8.95. The zero-order chi connectivity index (χ0) is 26.2.